The maximum absolute atomic E-state index is 9.72. The fourth-order valence-corrected chi connectivity index (χ4v) is 2.15. The van der Waals surface area contributed by atoms with E-state index in [2.05, 4.69) is 16.9 Å². The van der Waals surface area contributed by atoms with Gasteiger partial charge in [0.25, 0.3) is 0 Å². The van der Waals surface area contributed by atoms with Crippen LogP contribution in [0.15, 0.2) is 58.5 Å². The molecule has 0 aliphatic heterocycles. The normalized spacial score (nSPS) is 12.9. The van der Waals surface area contributed by atoms with Gasteiger partial charge in [0, 0.05) is 30.1 Å². The topological polar surface area (TPSA) is 65.2 Å². The molecule has 120 valence electrons. The highest BCUT2D eigenvalue weighted by Gasteiger charge is 2.03. The summed E-state index contributed by atoms with van der Waals surface area (Å²) in [5, 5.41) is 19.4. The van der Waals surface area contributed by atoms with Crippen molar-refractivity contribution in [2.75, 3.05) is 6.54 Å². The first-order chi connectivity index (χ1) is 11.2. The Morgan fingerprint density at radius 2 is 1.48 bits per heavy atom. The lowest BCUT2D eigenvalue weighted by atomic mass is 10.1. The molecule has 2 N–H and O–H groups in total. The number of para-hydroxylation sites is 2. The minimum Gasteiger partial charge on any atom is -0.507 e. The lowest BCUT2D eigenvalue weighted by Crippen LogP contribution is -2.05. The zero-order valence-corrected chi connectivity index (χ0v) is 13.3. The zero-order valence-electron chi connectivity index (χ0n) is 13.3. The molecule has 0 bridgehead atoms. The Labute approximate surface area is 136 Å². The predicted molar refractivity (Wildman–Crippen MR) is 95.0 cm³/mol. The first kappa shape index (κ1) is 16.7. The van der Waals surface area contributed by atoms with Crippen molar-refractivity contribution in [3.8, 4) is 11.5 Å². The average molecular weight is 310 g/mol. The first-order valence-electron chi connectivity index (χ1n) is 7.79. The highest BCUT2D eigenvalue weighted by Crippen LogP contribution is 2.15. The Bertz CT molecular complexity index is 681. The fraction of sp³-hybridized carbons (Fsp3) is 0.263. The maximum Gasteiger partial charge on any atom is 0.124 e. The van der Waals surface area contributed by atoms with Crippen molar-refractivity contribution < 1.29 is 10.2 Å². The van der Waals surface area contributed by atoms with Gasteiger partial charge in [-0.3, -0.25) is 9.98 Å². The smallest absolute Gasteiger partial charge is 0.124 e. The third-order valence-electron chi connectivity index (χ3n) is 3.59. The number of rotatable bonds is 7. The van der Waals surface area contributed by atoms with Gasteiger partial charge in [-0.1, -0.05) is 31.2 Å². The molecule has 4 heteroatoms. The van der Waals surface area contributed by atoms with Crippen LogP contribution in [0.5, 0.6) is 11.5 Å². The van der Waals surface area contributed by atoms with Gasteiger partial charge < -0.3 is 10.2 Å². The van der Waals surface area contributed by atoms with E-state index in [-0.39, 0.29) is 17.5 Å². The Morgan fingerprint density at radius 1 is 0.913 bits per heavy atom. The molecule has 0 radical (unpaired) electrons. The molecule has 2 rings (SSSR count). The minimum absolute atomic E-state index is 0.163. The molecule has 0 aliphatic rings. The Hall–Kier alpha value is -2.62. The number of phenols is 2. The van der Waals surface area contributed by atoms with Crippen LogP contribution in [0.25, 0.3) is 0 Å². The van der Waals surface area contributed by atoms with Crippen molar-refractivity contribution in [2.24, 2.45) is 9.98 Å². The highest BCUT2D eigenvalue weighted by atomic mass is 16.3. The summed E-state index contributed by atoms with van der Waals surface area (Å²) in [5.41, 5.74) is 1.45. The molecule has 0 fully saturated rings. The van der Waals surface area contributed by atoms with Crippen LogP contribution in [-0.2, 0) is 0 Å². The standard InChI is InChI=1S/C19H22N2O2/c1-2-17(21-14-16-8-4-6-10-19(16)23)11-12-20-13-15-7-3-5-9-18(15)22/h3-10,13-14,17,22-23H,2,11-12H2,1H3/t17-/m1/s1. The number of hydrogen-bond acceptors (Lipinski definition) is 4. The second kappa shape index (κ2) is 8.73. The molecular formula is C19H22N2O2. The quantitative estimate of drug-likeness (QED) is 0.764. The monoisotopic (exact) mass is 310 g/mol. The van der Waals surface area contributed by atoms with Crippen LogP contribution in [0.1, 0.15) is 30.9 Å². The molecule has 0 saturated heterocycles. The zero-order chi connectivity index (χ0) is 16.5. The summed E-state index contributed by atoms with van der Waals surface area (Å²) in [6.07, 6.45) is 5.14. The van der Waals surface area contributed by atoms with Crippen molar-refractivity contribution in [1.82, 2.24) is 0 Å². The van der Waals surface area contributed by atoms with E-state index in [1.165, 1.54) is 0 Å². The van der Waals surface area contributed by atoms with Gasteiger partial charge in [-0.2, -0.15) is 0 Å². The molecule has 0 heterocycles. The second-order valence-electron chi connectivity index (χ2n) is 5.28. The lowest BCUT2D eigenvalue weighted by Gasteiger charge is -2.08. The van der Waals surface area contributed by atoms with E-state index in [1.54, 1.807) is 36.7 Å². The van der Waals surface area contributed by atoms with Gasteiger partial charge in [-0.05, 0) is 37.1 Å². The number of hydrogen-bond donors (Lipinski definition) is 2. The van der Waals surface area contributed by atoms with E-state index in [0.29, 0.717) is 6.54 Å². The fourth-order valence-electron chi connectivity index (χ4n) is 2.15. The number of benzene rings is 2. The van der Waals surface area contributed by atoms with E-state index >= 15 is 0 Å². The van der Waals surface area contributed by atoms with E-state index < -0.39 is 0 Å². The van der Waals surface area contributed by atoms with Crippen LogP contribution < -0.4 is 0 Å². The molecule has 0 amide bonds. The summed E-state index contributed by atoms with van der Waals surface area (Å²) >= 11 is 0. The molecule has 0 saturated carbocycles. The summed E-state index contributed by atoms with van der Waals surface area (Å²) < 4.78 is 0. The molecule has 1 atom stereocenters. The largest absolute Gasteiger partial charge is 0.507 e. The lowest BCUT2D eigenvalue weighted by molar-refractivity contribution is 0.474. The molecule has 0 aliphatic carbocycles. The summed E-state index contributed by atoms with van der Waals surface area (Å²) in [5.74, 6) is 0.476. The van der Waals surface area contributed by atoms with Crippen molar-refractivity contribution >= 4 is 12.4 Å². The van der Waals surface area contributed by atoms with Crippen LogP contribution in [0, 0.1) is 0 Å². The number of phenolic OH excluding ortho intramolecular Hbond substituents is 2. The Kier molecular flexibility index (Phi) is 6.36. The maximum atomic E-state index is 9.72. The summed E-state index contributed by atoms with van der Waals surface area (Å²) in [6.45, 7) is 2.73. The van der Waals surface area contributed by atoms with E-state index in [9.17, 15) is 10.2 Å². The van der Waals surface area contributed by atoms with Crippen molar-refractivity contribution in [3.05, 3.63) is 59.7 Å². The van der Waals surface area contributed by atoms with E-state index in [0.717, 1.165) is 24.0 Å². The van der Waals surface area contributed by atoms with Crippen molar-refractivity contribution in [3.63, 3.8) is 0 Å². The third-order valence-corrected chi connectivity index (χ3v) is 3.59. The predicted octanol–water partition coefficient (Wildman–Crippen LogP) is 3.80. The van der Waals surface area contributed by atoms with Crippen LogP contribution >= 0.6 is 0 Å². The molecule has 0 unspecified atom stereocenters. The van der Waals surface area contributed by atoms with Crippen molar-refractivity contribution in [2.45, 2.75) is 25.8 Å². The molecular weight excluding hydrogens is 288 g/mol. The van der Waals surface area contributed by atoms with Gasteiger partial charge in [0.15, 0.2) is 0 Å². The molecule has 4 nitrogen and oxygen atoms in total. The van der Waals surface area contributed by atoms with E-state index in [4.69, 9.17) is 0 Å². The minimum atomic E-state index is 0.163. The summed E-state index contributed by atoms with van der Waals surface area (Å²) in [4.78, 5) is 8.88. The first-order valence-corrected chi connectivity index (χ1v) is 7.79. The van der Waals surface area contributed by atoms with Gasteiger partial charge in [0.1, 0.15) is 11.5 Å². The average Bonchev–Trinajstić information content (AvgIpc) is 2.57. The van der Waals surface area contributed by atoms with Crippen LogP contribution in [0.4, 0.5) is 0 Å². The molecule has 2 aromatic carbocycles. The van der Waals surface area contributed by atoms with Gasteiger partial charge in [0.05, 0.1) is 6.04 Å². The SMILES string of the molecule is CC[C@H](CCN=Cc1ccccc1O)N=Cc1ccccc1O. The molecule has 0 aromatic heterocycles. The van der Waals surface area contributed by atoms with Crippen molar-refractivity contribution in [1.29, 1.82) is 0 Å². The summed E-state index contributed by atoms with van der Waals surface area (Å²) in [6, 6.07) is 14.4. The third kappa shape index (κ3) is 5.25. The number of aliphatic imine (C=N–C) groups is 2. The number of nitrogens with zero attached hydrogens (tertiary/aromatic N) is 2. The van der Waals surface area contributed by atoms with Gasteiger partial charge in [-0.15, -0.1) is 0 Å². The molecule has 2 aromatic rings. The van der Waals surface area contributed by atoms with Crippen LogP contribution in [-0.4, -0.2) is 35.2 Å². The Morgan fingerprint density at radius 3 is 2.04 bits per heavy atom. The van der Waals surface area contributed by atoms with E-state index in [1.807, 2.05) is 24.3 Å². The molecule has 23 heavy (non-hydrogen) atoms. The van der Waals surface area contributed by atoms with Crippen LogP contribution in [0.2, 0.25) is 0 Å². The number of aromatic hydroxyl groups is 2. The Balaban J connectivity index is 1.88. The highest BCUT2D eigenvalue weighted by molar-refractivity contribution is 5.83. The van der Waals surface area contributed by atoms with Gasteiger partial charge in [-0.25, -0.2) is 0 Å². The second-order valence-corrected chi connectivity index (χ2v) is 5.28. The summed E-state index contributed by atoms with van der Waals surface area (Å²) in [7, 11) is 0. The van der Waals surface area contributed by atoms with Gasteiger partial charge >= 0.3 is 0 Å². The van der Waals surface area contributed by atoms with Gasteiger partial charge in [0.2, 0.25) is 0 Å². The molecule has 0 spiro atoms. The van der Waals surface area contributed by atoms with Crippen LogP contribution in [0.3, 0.4) is 0 Å².